The van der Waals surface area contributed by atoms with E-state index >= 15 is 0 Å². The lowest BCUT2D eigenvalue weighted by atomic mass is 9.81. The molecule has 0 saturated heterocycles. The van der Waals surface area contributed by atoms with Gasteiger partial charge in [0.1, 0.15) is 0 Å². The lowest BCUT2D eigenvalue weighted by Gasteiger charge is -2.37. The molecule has 0 radical (unpaired) electrons. The van der Waals surface area contributed by atoms with Gasteiger partial charge < -0.3 is 0 Å². The average molecular weight is 227 g/mol. The Kier molecular flexibility index (Phi) is 5.67. The molecule has 2 nitrogen and oxygen atoms in total. The highest BCUT2D eigenvalue weighted by Crippen LogP contribution is 2.28. The minimum absolute atomic E-state index is 0.245. The summed E-state index contributed by atoms with van der Waals surface area (Å²) in [5, 5.41) is 0. The van der Waals surface area contributed by atoms with Crippen LogP contribution in [0.3, 0.4) is 0 Å². The molecule has 0 unspecified atom stereocenters. The fraction of sp³-hybridized carbons (Fsp3) is 0.929. The van der Waals surface area contributed by atoms with Crippen molar-refractivity contribution in [2.75, 3.05) is 14.1 Å². The number of likely N-dealkylation sites (N-methyl/N-ethyl adjacent to an activating group) is 1. The number of Topliss-reactive ketones (excluding diaryl/α,β-unsaturated/α-hetero) is 1. The van der Waals surface area contributed by atoms with E-state index in [0.29, 0.717) is 12.2 Å². The Labute approximate surface area is 101 Å². The molecule has 0 heterocycles. The first-order chi connectivity index (χ1) is 7.19. The highest BCUT2D eigenvalue weighted by Gasteiger charge is 2.36. The Morgan fingerprint density at radius 3 is 1.75 bits per heavy atom. The van der Waals surface area contributed by atoms with Crippen LogP contribution in [0.5, 0.6) is 0 Å². The molecule has 0 saturated carbocycles. The predicted molar refractivity (Wildman–Crippen MR) is 70.7 cm³/mol. The van der Waals surface area contributed by atoms with Crippen molar-refractivity contribution in [3.63, 3.8) is 0 Å². The maximum atomic E-state index is 12.4. The molecule has 0 aromatic carbocycles. The quantitative estimate of drug-likeness (QED) is 0.692. The highest BCUT2D eigenvalue weighted by atomic mass is 16.1. The second-order valence-corrected chi connectivity index (χ2v) is 6.12. The molecule has 0 bridgehead atoms. The lowest BCUT2D eigenvalue weighted by molar-refractivity contribution is -0.130. The number of carbonyl (C=O) groups is 1. The molecule has 96 valence electrons. The predicted octanol–water partition coefficient (Wildman–Crippen LogP) is 3.50. The normalized spacial score (nSPS) is 13.2. The zero-order chi connectivity index (χ0) is 13.0. The van der Waals surface area contributed by atoms with Crippen molar-refractivity contribution in [3.8, 4) is 0 Å². The number of rotatable bonds is 6. The molecule has 0 aliphatic carbocycles. The lowest BCUT2D eigenvalue weighted by Crippen LogP contribution is -2.50. The first-order valence-electron chi connectivity index (χ1n) is 6.40. The van der Waals surface area contributed by atoms with Crippen molar-refractivity contribution in [2.45, 2.75) is 65.8 Å². The smallest absolute Gasteiger partial charge is 0.153 e. The topological polar surface area (TPSA) is 20.3 Å². The highest BCUT2D eigenvalue weighted by molar-refractivity contribution is 5.88. The molecular weight excluding hydrogens is 198 g/mol. The van der Waals surface area contributed by atoms with Crippen LogP contribution in [-0.4, -0.2) is 30.3 Å². The molecular formula is C14H29NO. The summed E-state index contributed by atoms with van der Waals surface area (Å²) in [5.74, 6) is 0.400. The summed E-state index contributed by atoms with van der Waals surface area (Å²) in [5.41, 5.74) is 0.000442. The molecule has 0 N–H and O–H groups in total. The Balaban J connectivity index is 4.64. The third-order valence-corrected chi connectivity index (χ3v) is 3.65. The van der Waals surface area contributed by atoms with E-state index in [0.717, 1.165) is 19.3 Å². The van der Waals surface area contributed by atoms with E-state index in [9.17, 15) is 4.79 Å². The molecule has 16 heavy (non-hydrogen) atoms. The van der Waals surface area contributed by atoms with Crippen molar-refractivity contribution in [1.82, 2.24) is 4.90 Å². The van der Waals surface area contributed by atoms with Crippen LogP contribution in [0.25, 0.3) is 0 Å². The standard InChI is InChI=1S/C14H29NO/c1-8-14(9-2,15(6)7)12(16)10-11-13(3,4)5/h8-11H2,1-7H3. The van der Waals surface area contributed by atoms with E-state index in [1.165, 1.54) is 0 Å². The molecule has 0 aromatic rings. The first kappa shape index (κ1) is 15.6. The van der Waals surface area contributed by atoms with Crippen LogP contribution in [0.15, 0.2) is 0 Å². The molecule has 0 fully saturated rings. The molecule has 2 heteroatoms. The van der Waals surface area contributed by atoms with Crippen LogP contribution in [-0.2, 0) is 4.79 Å². The van der Waals surface area contributed by atoms with Crippen molar-refractivity contribution in [2.24, 2.45) is 5.41 Å². The van der Waals surface area contributed by atoms with Crippen LogP contribution in [0.1, 0.15) is 60.3 Å². The summed E-state index contributed by atoms with van der Waals surface area (Å²) in [4.78, 5) is 14.5. The fourth-order valence-electron chi connectivity index (χ4n) is 2.25. The van der Waals surface area contributed by atoms with Gasteiger partial charge in [-0.1, -0.05) is 34.6 Å². The van der Waals surface area contributed by atoms with E-state index in [-0.39, 0.29) is 11.0 Å². The number of ketones is 1. The number of hydrogen-bond acceptors (Lipinski definition) is 2. The van der Waals surface area contributed by atoms with Crippen LogP contribution < -0.4 is 0 Å². The van der Waals surface area contributed by atoms with E-state index in [1.807, 2.05) is 14.1 Å². The molecule has 0 atom stereocenters. The summed E-state index contributed by atoms with van der Waals surface area (Å²) in [7, 11) is 4.03. The summed E-state index contributed by atoms with van der Waals surface area (Å²) in [6.45, 7) is 10.8. The third kappa shape index (κ3) is 3.89. The molecule has 0 aromatic heterocycles. The van der Waals surface area contributed by atoms with E-state index in [4.69, 9.17) is 0 Å². The van der Waals surface area contributed by atoms with E-state index in [1.54, 1.807) is 0 Å². The number of nitrogens with zero attached hydrogens (tertiary/aromatic N) is 1. The molecule has 0 aliphatic heterocycles. The van der Waals surface area contributed by atoms with Gasteiger partial charge in [0.2, 0.25) is 0 Å². The maximum Gasteiger partial charge on any atom is 0.153 e. The molecule has 0 amide bonds. The Morgan fingerprint density at radius 1 is 1.06 bits per heavy atom. The van der Waals surface area contributed by atoms with Crippen molar-refractivity contribution in [3.05, 3.63) is 0 Å². The summed E-state index contributed by atoms with van der Waals surface area (Å²) >= 11 is 0. The van der Waals surface area contributed by atoms with Gasteiger partial charge in [-0.25, -0.2) is 0 Å². The monoisotopic (exact) mass is 227 g/mol. The van der Waals surface area contributed by atoms with Crippen molar-refractivity contribution in [1.29, 1.82) is 0 Å². The average Bonchev–Trinajstić information content (AvgIpc) is 2.16. The van der Waals surface area contributed by atoms with Gasteiger partial charge in [-0.05, 0) is 38.8 Å². The summed E-state index contributed by atoms with van der Waals surface area (Å²) < 4.78 is 0. The van der Waals surface area contributed by atoms with Gasteiger partial charge in [-0.15, -0.1) is 0 Å². The minimum atomic E-state index is -0.245. The van der Waals surface area contributed by atoms with E-state index in [2.05, 4.69) is 39.5 Å². The second-order valence-electron chi connectivity index (χ2n) is 6.12. The van der Waals surface area contributed by atoms with E-state index < -0.39 is 0 Å². The van der Waals surface area contributed by atoms with Gasteiger partial charge >= 0.3 is 0 Å². The molecule has 0 spiro atoms. The largest absolute Gasteiger partial charge is 0.298 e. The number of carbonyl (C=O) groups excluding carboxylic acids is 1. The zero-order valence-electron chi connectivity index (χ0n) is 12.2. The third-order valence-electron chi connectivity index (χ3n) is 3.65. The van der Waals surface area contributed by atoms with Gasteiger partial charge in [-0.3, -0.25) is 9.69 Å². The first-order valence-corrected chi connectivity index (χ1v) is 6.40. The maximum absolute atomic E-state index is 12.4. The van der Waals surface area contributed by atoms with Crippen LogP contribution in [0, 0.1) is 5.41 Å². The Bertz CT molecular complexity index is 221. The van der Waals surface area contributed by atoms with Crippen molar-refractivity contribution >= 4 is 5.78 Å². The summed E-state index contributed by atoms with van der Waals surface area (Å²) in [6, 6.07) is 0. The molecule has 0 rings (SSSR count). The Hall–Kier alpha value is -0.370. The van der Waals surface area contributed by atoms with Gasteiger partial charge in [0.15, 0.2) is 5.78 Å². The minimum Gasteiger partial charge on any atom is -0.298 e. The van der Waals surface area contributed by atoms with Crippen LogP contribution >= 0.6 is 0 Å². The van der Waals surface area contributed by atoms with Gasteiger partial charge in [0.25, 0.3) is 0 Å². The number of hydrogen-bond donors (Lipinski definition) is 0. The zero-order valence-corrected chi connectivity index (χ0v) is 12.2. The fourth-order valence-corrected chi connectivity index (χ4v) is 2.25. The van der Waals surface area contributed by atoms with Crippen LogP contribution in [0.2, 0.25) is 0 Å². The van der Waals surface area contributed by atoms with Crippen molar-refractivity contribution < 1.29 is 4.79 Å². The molecule has 0 aliphatic rings. The SMILES string of the molecule is CCC(CC)(C(=O)CCC(C)(C)C)N(C)C. The second kappa shape index (κ2) is 5.81. The van der Waals surface area contributed by atoms with Gasteiger partial charge in [-0.2, -0.15) is 0 Å². The van der Waals surface area contributed by atoms with Crippen LogP contribution in [0.4, 0.5) is 0 Å². The summed E-state index contributed by atoms with van der Waals surface area (Å²) in [6.07, 6.45) is 3.48. The van der Waals surface area contributed by atoms with Gasteiger partial charge in [0, 0.05) is 6.42 Å². The Morgan fingerprint density at radius 2 is 1.50 bits per heavy atom. The van der Waals surface area contributed by atoms with Gasteiger partial charge in [0.05, 0.1) is 5.54 Å².